The Morgan fingerprint density at radius 1 is 1.22 bits per heavy atom. The molecule has 0 bridgehead atoms. The van der Waals surface area contributed by atoms with Crippen molar-refractivity contribution in [3.63, 3.8) is 0 Å². The van der Waals surface area contributed by atoms with Crippen molar-refractivity contribution in [3.05, 3.63) is 0 Å². The van der Waals surface area contributed by atoms with E-state index >= 15 is 0 Å². The first kappa shape index (κ1) is 13.3. The molecule has 2 heterocycles. The molecule has 1 unspecified atom stereocenters. The van der Waals surface area contributed by atoms with Crippen LogP contribution in [-0.2, 0) is 9.59 Å². The fourth-order valence-electron chi connectivity index (χ4n) is 2.92. The van der Waals surface area contributed by atoms with Gasteiger partial charge in [0, 0.05) is 25.4 Å². The van der Waals surface area contributed by atoms with Crippen LogP contribution in [0, 0.1) is 11.8 Å². The van der Waals surface area contributed by atoms with E-state index in [1.165, 1.54) is 0 Å². The van der Waals surface area contributed by atoms with Crippen molar-refractivity contribution < 1.29 is 14.7 Å². The summed E-state index contributed by atoms with van der Waals surface area (Å²) in [4.78, 5) is 24.7. The summed E-state index contributed by atoms with van der Waals surface area (Å²) in [5, 5.41) is 11.9. The molecule has 2 fully saturated rings. The van der Waals surface area contributed by atoms with Gasteiger partial charge >= 0.3 is 5.97 Å². The molecule has 2 aliphatic rings. The summed E-state index contributed by atoms with van der Waals surface area (Å²) in [6.45, 7) is 3.45. The summed E-state index contributed by atoms with van der Waals surface area (Å²) in [7, 11) is 0. The molecule has 18 heavy (non-hydrogen) atoms. The summed E-state index contributed by atoms with van der Waals surface area (Å²) in [6, 6.07) is 0. The summed E-state index contributed by atoms with van der Waals surface area (Å²) >= 11 is 0. The number of nitrogens with zero attached hydrogens (tertiary/aromatic N) is 1. The number of amides is 1. The van der Waals surface area contributed by atoms with Crippen LogP contribution in [0.2, 0.25) is 0 Å². The molecule has 2 aliphatic heterocycles. The highest BCUT2D eigenvalue weighted by molar-refractivity contribution is 5.79. The van der Waals surface area contributed by atoms with E-state index in [1.807, 2.05) is 4.90 Å². The summed E-state index contributed by atoms with van der Waals surface area (Å²) < 4.78 is 0. The number of aliphatic carboxylic acids is 1. The molecular formula is C13H22N2O3. The molecule has 5 heteroatoms. The number of likely N-dealkylation sites (tertiary alicyclic amines) is 1. The predicted octanol–water partition coefficient (Wildman–Crippen LogP) is 0.699. The van der Waals surface area contributed by atoms with Crippen LogP contribution in [0.3, 0.4) is 0 Å². The van der Waals surface area contributed by atoms with Crippen molar-refractivity contribution in [3.8, 4) is 0 Å². The van der Waals surface area contributed by atoms with Gasteiger partial charge in [0.15, 0.2) is 0 Å². The maximum atomic E-state index is 12.3. The van der Waals surface area contributed by atoms with Gasteiger partial charge in [-0.25, -0.2) is 0 Å². The molecule has 0 aromatic heterocycles. The van der Waals surface area contributed by atoms with E-state index in [-0.39, 0.29) is 18.2 Å². The quantitative estimate of drug-likeness (QED) is 0.775. The lowest BCUT2D eigenvalue weighted by Gasteiger charge is -2.26. The van der Waals surface area contributed by atoms with Gasteiger partial charge in [-0.05, 0) is 44.7 Å². The highest BCUT2D eigenvalue weighted by Gasteiger charge is 2.31. The molecule has 0 aliphatic carbocycles. The Morgan fingerprint density at radius 2 is 1.94 bits per heavy atom. The number of hydrogen-bond donors (Lipinski definition) is 2. The second-order valence-corrected chi connectivity index (χ2v) is 5.40. The Hall–Kier alpha value is -1.10. The van der Waals surface area contributed by atoms with Gasteiger partial charge in [-0.3, -0.25) is 9.59 Å². The molecule has 2 rings (SSSR count). The van der Waals surface area contributed by atoms with Gasteiger partial charge in [0.1, 0.15) is 0 Å². The van der Waals surface area contributed by atoms with Crippen LogP contribution in [0.1, 0.15) is 32.1 Å². The monoisotopic (exact) mass is 254 g/mol. The largest absolute Gasteiger partial charge is 0.481 e. The van der Waals surface area contributed by atoms with Gasteiger partial charge < -0.3 is 15.3 Å². The van der Waals surface area contributed by atoms with Crippen LogP contribution in [0.5, 0.6) is 0 Å². The Morgan fingerprint density at radius 3 is 2.61 bits per heavy atom. The van der Waals surface area contributed by atoms with Gasteiger partial charge in [-0.2, -0.15) is 0 Å². The fourth-order valence-corrected chi connectivity index (χ4v) is 2.92. The Balaban J connectivity index is 1.77. The molecule has 1 atom stereocenters. The second kappa shape index (κ2) is 6.18. The number of piperidine rings is 1. The van der Waals surface area contributed by atoms with Crippen molar-refractivity contribution in [1.29, 1.82) is 0 Å². The molecule has 2 saturated heterocycles. The van der Waals surface area contributed by atoms with E-state index in [0.29, 0.717) is 12.3 Å². The zero-order chi connectivity index (χ0) is 13.0. The Bertz CT molecular complexity index is 313. The van der Waals surface area contributed by atoms with Crippen LogP contribution in [-0.4, -0.2) is 48.1 Å². The molecule has 102 valence electrons. The minimum atomic E-state index is -0.738. The van der Waals surface area contributed by atoms with E-state index in [4.69, 9.17) is 5.11 Å². The first-order chi connectivity index (χ1) is 8.66. The first-order valence-electron chi connectivity index (χ1n) is 6.88. The van der Waals surface area contributed by atoms with Gasteiger partial charge in [0.2, 0.25) is 5.91 Å². The maximum Gasteiger partial charge on any atom is 0.303 e. The lowest BCUT2D eigenvalue weighted by Crippen LogP contribution is -2.40. The molecule has 5 nitrogen and oxygen atoms in total. The van der Waals surface area contributed by atoms with Crippen molar-refractivity contribution >= 4 is 11.9 Å². The highest BCUT2D eigenvalue weighted by atomic mass is 16.4. The Kier molecular flexibility index (Phi) is 4.58. The van der Waals surface area contributed by atoms with Crippen molar-refractivity contribution in [2.75, 3.05) is 26.2 Å². The van der Waals surface area contributed by atoms with E-state index in [9.17, 15) is 9.59 Å². The fraction of sp³-hybridized carbons (Fsp3) is 0.846. The molecular weight excluding hydrogens is 232 g/mol. The topological polar surface area (TPSA) is 69.6 Å². The zero-order valence-electron chi connectivity index (χ0n) is 10.7. The van der Waals surface area contributed by atoms with Crippen LogP contribution >= 0.6 is 0 Å². The third-order valence-corrected chi connectivity index (χ3v) is 4.05. The summed E-state index contributed by atoms with van der Waals surface area (Å²) in [6.07, 6.45) is 3.76. The number of carbonyl (C=O) groups excluding carboxylic acids is 1. The smallest absolute Gasteiger partial charge is 0.303 e. The van der Waals surface area contributed by atoms with E-state index < -0.39 is 5.97 Å². The van der Waals surface area contributed by atoms with E-state index in [0.717, 1.165) is 45.4 Å². The molecule has 0 spiro atoms. The normalized spacial score (nSPS) is 25.3. The van der Waals surface area contributed by atoms with E-state index in [2.05, 4.69) is 5.32 Å². The van der Waals surface area contributed by atoms with Crippen LogP contribution < -0.4 is 5.32 Å². The number of carboxylic acid groups (broad SMARTS) is 1. The van der Waals surface area contributed by atoms with Gasteiger partial charge in [0.25, 0.3) is 0 Å². The zero-order valence-corrected chi connectivity index (χ0v) is 10.7. The average molecular weight is 254 g/mol. The number of rotatable bonds is 4. The van der Waals surface area contributed by atoms with Gasteiger partial charge in [-0.15, -0.1) is 0 Å². The van der Waals surface area contributed by atoms with Crippen molar-refractivity contribution in [2.24, 2.45) is 11.8 Å². The lowest BCUT2D eigenvalue weighted by molar-refractivity contribution is -0.137. The summed E-state index contributed by atoms with van der Waals surface area (Å²) in [5.41, 5.74) is 0. The van der Waals surface area contributed by atoms with Gasteiger partial charge in [-0.1, -0.05) is 0 Å². The maximum absolute atomic E-state index is 12.3. The first-order valence-corrected chi connectivity index (χ1v) is 6.88. The SMILES string of the molecule is O=C(O)CCC1CCN(C(=O)C2CCNCC2)C1. The minimum Gasteiger partial charge on any atom is -0.481 e. The van der Waals surface area contributed by atoms with Crippen molar-refractivity contribution in [1.82, 2.24) is 10.2 Å². The molecule has 0 saturated carbocycles. The van der Waals surface area contributed by atoms with Crippen molar-refractivity contribution in [2.45, 2.75) is 32.1 Å². The molecule has 0 aromatic carbocycles. The Labute approximate surface area is 108 Å². The van der Waals surface area contributed by atoms with Gasteiger partial charge in [0.05, 0.1) is 0 Å². The minimum absolute atomic E-state index is 0.185. The third kappa shape index (κ3) is 3.45. The number of carbonyl (C=O) groups is 2. The number of carboxylic acids is 1. The standard InChI is InChI=1S/C13H22N2O3/c16-12(17)2-1-10-5-8-15(9-10)13(18)11-3-6-14-7-4-11/h10-11,14H,1-9H2,(H,16,17). The highest BCUT2D eigenvalue weighted by Crippen LogP contribution is 2.24. The molecule has 0 aromatic rings. The third-order valence-electron chi connectivity index (χ3n) is 4.05. The lowest BCUT2D eigenvalue weighted by atomic mass is 9.96. The summed E-state index contributed by atoms with van der Waals surface area (Å²) in [5.74, 6) is 0.115. The second-order valence-electron chi connectivity index (χ2n) is 5.40. The average Bonchev–Trinajstić information content (AvgIpc) is 2.85. The predicted molar refractivity (Wildman–Crippen MR) is 67.2 cm³/mol. The molecule has 0 radical (unpaired) electrons. The number of nitrogens with one attached hydrogen (secondary N) is 1. The van der Waals surface area contributed by atoms with E-state index in [1.54, 1.807) is 0 Å². The molecule has 1 amide bonds. The van der Waals surface area contributed by atoms with Crippen LogP contribution in [0.4, 0.5) is 0 Å². The number of hydrogen-bond acceptors (Lipinski definition) is 3. The van der Waals surface area contributed by atoms with Crippen LogP contribution in [0.25, 0.3) is 0 Å². The van der Waals surface area contributed by atoms with Crippen LogP contribution in [0.15, 0.2) is 0 Å². The molecule has 2 N–H and O–H groups in total.